The summed E-state index contributed by atoms with van der Waals surface area (Å²) in [6, 6.07) is 4.32. The Bertz CT molecular complexity index is 286. The fourth-order valence-electron chi connectivity index (χ4n) is 2.12. The Hall–Kier alpha value is -0.890. The second-order valence-electron chi connectivity index (χ2n) is 4.27. The number of hydrogen-bond acceptors (Lipinski definition) is 2. The first-order valence-corrected chi connectivity index (χ1v) is 5.40. The molecule has 1 fully saturated rings. The molecule has 0 spiro atoms. The molecule has 76 valence electrons. The first-order chi connectivity index (χ1) is 6.77. The monoisotopic (exact) mass is 190 g/mol. The molecule has 1 saturated heterocycles. The molecule has 0 bridgehead atoms. The summed E-state index contributed by atoms with van der Waals surface area (Å²) in [6.07, 6.45) is 3.33. The zero-order valence-corrected chi connectivity index (χ0v) is 8.96. The lowest BCUT2D eigenvalue weighted by molar-refractivity contribution is 0.486. The van der Waals surface area contributed by atoms with Crippen molar-refractivity contribution in [3.05, 3.63) is 29.6 Å². The molecular formula is C12H18N2. The summed E-state index contributed by atoms with van der Waals surface area (Å²) in [4.78, 5) is 4.35. The summed E-state index contributed by atoms with van der Waals surface area (Å²) >= 11 is 0. The van der Waals surface area contributed by atoms with E-state index in [-0.39, 0.29) is 0 Å². The Morgan fingerprint density at radius 1 is 1.50 bits per heavy atom. The highest BCUT2D eigenvalue weighted by Gasteiger charge is 2.22. The van der Waals surface area contributed by atoms with Crippen LogP contribution in [0.3, 0.4) is 0 Å². The smallest absolute Gasteiger partial charge is 0.0372 e. The fraction of sp³-hybridized carbons (Fsp3) is 0.583. The quantitative estimate of drug-likeness (QED) is 0.772. The van der Waals surface area contributed by atoms with E-state index in [0.29, 0.717) is 5.92 Å². The molecule has 1 aliphatic heterocycles. The van der Waals surface area contributed by atoms with Gasteiger partial charge in [0, 0.05) is 11.9 Å². The van der Waals surface area contributed by atoms with Crippen LogP contribution in [0.1, 0.15) is 30.5 Å². The molecule has 0 radical (unpaired) electrons. The van der Waals surface area contributed by atoms with Crippen LogP contribution in [0.15, 0.2) is 18.3 Å². The van der Waals surface area contributed by atoms with Gasteiger partial charge in [0.1, 0.15) is 0 Å². The van der Waals surface area contributed by atoms with E-state index in [1.165, 1.54) is 18.5 Å². The average molecular weight is 190 g/mol. The molecule has 1 aliphatic rings. The highest BCUT2D eigenvalue weighted by atomic mass is 14.9. The lowest BCUT2D eigenvalue weighted by Crippen LogP contribution is -2.14. The van der Waals surface area contributed by atoms with Crippen molar-refractivity contribution in [2.45, 2.75) is 26.2 Å². The number of nitrogens with one attached hydrogen (secondary N) is 1. The number of aryl methyl sites for hydroxylation is 1. The predicted octanol–water partition coefficient (Wildman–Crippen LogP) is 2.10. The van der Waals surface area contributed by atoms with Crippen molar-refractivity contribution in [2.24, 2.45) is 5.92 Å². The summed E-state index contributed by atoms with van der Waals surface area (Å²) in [5.41, 5.74) is 2.48. The minimum atomic E-state index is 0.637. The molecule has 2 atom stereocenters. The molecule has 1 N–H and O–H groups in total. The molecule has 1 aromatic rings. The molecule has 0 saturated carbocycles. The van der Waals surface area contributed by atoms with Gasteiger partial charge in [0.15, 0.2) is 0 Å². The molecule has 1 aromatic heterocycles. The van der Waals surface area contributed by atoms with E-state index in [1.54, 1.807) is 0 Å². The molecule has 0 aromatic carbocycles. The molecule has 14 heavy (non-hydrogen) atoms. The van der Waals surface area contributed by atoms with Gasteiger partial charge in [-0.2, -0.15) is 0 Å². The highest BCUT2D eigenvalue weighted by Crippen LogP contribution is 2.27. The highest BCUT2D eigenvalue weighted by molar-refractivity contribution is 5.18. The SMILES string of the molecule is Cc1ccc(C(C)C2CCNC2)cn1. The molecule has 2 heteroatoms. The minimum Gasteiger partial charge on any atom is -0.316 e. The van der Waals surface area contributed by atoms with Gasteiger partial charge in [-0.1, -0.05) is 13.0 Å². The van der Waals surface area contributed by atoms with Crippen molar-refractivity contribution in [3.63, 3.8) is 0 Å². The topological polar surface area (TPSA) is 24.9 Å². The maximum absolute atomic E-state index is 4.35. The van der Waals surface area contributed by atoms with Crippen LogP contribution in [0.2, 0.25) is 0 Å². The molecule has 2 unspecified atom stereocenters. The van der Waals surface area contributed by atoms with Crippen molar-refractivity contribution in [1.82, 2.24) is 10.3 Å². The van der Waals surface area contributed by atoms with Gasteiger partial charge in [-0.25, -0.2) is 0 Å². The number of nitrogens with zero attached hydrogens (tertiary/aromatic N) is 1. The number of rotatable bonds is 2. The Morgan fingerprint density at radius 3 is 2.93 bits per heavy atom. The largest absolute Gasteiger partial charge is 0.316 e. The number of hydrogen-bond donors (Lipinski definition) is 1. The molecular weight excluding hydrogens is 172 g/mol. The molecule has 2 rings (SSSR count). The van der Waals surface area contributed by atoms with Gasteiger partial charge in [-0.15, -0.1) is 0 Å². The van der Waals surface area contributed by atoms with E-state index < -0.39 is 0 Å². The van der Waals surface area contributed by atoms with Gasteiger partial charge in [0.2, 0.25) is 0 Å². The van der Waals surface area contributed by atoms with E-state index in [1.807, 2.05) is 13.1 Å². The fourth-order valence-corrected chi connectivity index (χ4v) is 2.12. The standard InChI is InChI=1S/C12H18N2/c1-9-3-4-11(8-14-9)10(2)12-5-6-13-7-12/h3-4,8,10,12-13H,5-7H2,1-2H3. The first-order valence-electron chi connectivity index (χ1n) is 5.40. The predicted molar refractivity (Wildman–Crippen MR) is 58.4 cm³/mol. The van der Waals surface area contributed by atoms with Crippen LogP contribution < -0.4 is 5.32 Å². The Balaban J connectivity index is 2.09. The first kappa shape index (κ1) is 9.66. The average Bonchev–Trinajstić information content (AvgIpc) is 2.71. The summed E-state index contributed by atoms with van der Waals surface area (Å²) in [6.45, 7) is 6.68. The number of pyridine rings is 1. The Morgan fingerprint density at radius 2 is 2.36 bits per heavy atom. The minimum absolute atomic E-state index is 0.637. The second-order valence-corrected chi connectivity index (χ2v) is 4.27. The van der Waals surface area contributed by atoms with Gasteiger partial charge < -0.3 is 5.32 Å². The van der Waals surface area contributed by atoms with Crippen molar-refractivity contribution >= 4 is 0 Å². The summed E-state index contributed by atoms with van der Waals surface area (Å²) in [7, 11) is 0. The summed E-state index contributed by atoms with van der Waals surface area (Å²) in [5.74, 6) is 1.43. The van der Waals surface area contributed by atoms with Gasteiger partial charge in [0.05, 0.1) is 0 Å². The van der Waals surface area contributed by atoms with Crippen molar-refractivity contribution in [1.29, 1.82) is 0 Å². The lowest BCUT2D eigenvalue weighted by Gasteiger charge is -2.18. The zero-order valence-electron chi connectivity index (χ0n) is 8.96. The molecule has 2 nitrogen and oxygen atoms in total. The Labute approximate surface area is 85.7 Å². The van der Waals surface area contributed by atoms with Crippen LogP contribution in [-0.2, 0) is 0 Å². The molecule has 0 aliphatic carbocycles. The zero-order chi connectivity index (χ0) is 9.97. The number of aromatic nitrogens is 1. The molecule has 2 heterocycles. The van der Waals surface area contributed by atoms with E-state index in [0.717, 1.165) is 18.2 Å². The van der Waals surface area contributed by atoms with E-state index in [9.17, 15) is 0 Å². The summed E-state index contributed by atoms with van der Waals surface area (Å²) in [5, 5.41) is 3.41. The van der Waals surface area contributed by atoms with Crippen molar-refractivity contribution in [3.8, 4) is 0 Å². The lowest BCUT2D eigenvalue weighted by atomic mass is 9.88. The maximum Gasteiger partial charge on any atom is 0.0372 e. The van der Waals surface area contributed by atoms with E-state index >= 15 is 0 Å². The van der Waals surface area contributed by atoms with Crippen LogP contribution in [0.5, 0.6) is 0 Å². The van der Waals surface area contributed by atoms with E-state index in [2.05, 4.69) is 29.4 Å². The van der Waals surface area contributed by atoms with Gasteiger partial charge in [-0.05, 0) is 49.9 Å². The third kappa shape index (κ3) is 1.95. The van der Waals surface area contributed by atoms with Gasteiger partial charge >= 0.3 is 0 Å². The van der Waals surface area contributed by atoms with Crippen LogP contribution in [0.25, 0.3) is 0 Å². The van der Waals surface area contributed by atoms with Gasteiger partial charge in [0.25, 0.3) is 0 Å². The Kier molecular flexibility index (Phi) is 2.82. The van der Waals surface area contributed by atoms with Crippen LogP contribution in [-0.4, -0.2) is 18.1 Å². The van der Waals surface area contributed by atoms with Gasteiger partial charge in [-0.3, -0.25) is 4.98 Å². The third-order valence-corrected chi connectivity index (χ3v) is 3.27. The van der Waals surface area contributed by atoms with Crippen LogP contribution in [0.4, 0.5) is 0 Å². The normalized spacial score (nSPS) is 23.7. The van der Waals surface area contributed by atoms with E-state index in [4.69, 9.17) is 0 Å². The van der Waals surface area contributed by atoms with Crippen LogP contribution in [0, 0.1) is 12.8 Å². The van der Waals surface area contributed by atoms with Crippen molar-refractivity contribution in [2.75, 3.05) is 13.1 Å². The van der Waals surface area contributed by atoms with Crippen molar-refractivity contribution < 1.29 is 0 Å². The second kappa shape index (κ2) is 4.09. The summed E-state index contributed by atoms with van der Waals surface area (Å²) < 4.78 is 0. The maximum atomic E-state index is 4.35. The van der Waals surface area contributed by atoms with Crippen LogP contribution >= 0.6 is 0 Å². The third-order valence-electron chi connectivity index (χ3n) is 3.27. The molecule has 0 amide bonds.